The van der Waals surface area contributed by atoms with Crippen molar-refractivity contribution in [3.63, 3.8) is 0 Å². The van der Waals surface area contributed by atoms with Crippen LogP contribution in [0, 0.1) is 6.92 Å². The van der Waals surface area contributed by atoms with Crippen LogP contribution in [0.1, 0.15) is 87.9 Å². The van der Waals surface area contributed by atoms with E-state index in [0.717, 1.165) is 36.3 Å². The molecule has 1 saturated heterocycles. The van der Waals surface area contributed by atoms with Crippen molar-refractivity contribution < 1.29 is 19.4 Å². The van der Waals surface area contributed by atoms with Gasteiger partial charge in [0.1, 0.15) is 6.04 Å². The molecule has 250 valence electrons. The van der Waals surface area contributed by atoms with Crippen molar-refractivity contribution in [2.24, 2.45) is 0 Å². The standard InChI is InChI=1S/C24H30N2O3S.C8H10O.3C2H6/c1-17-7-3-4-8-19(17)21-15-18(16-26-12-5-6-13-26)9-10-20(21)23(27)25-22(24(28)29)11-14-30-2;1-9-7-8-5-3-2-4-6-8;3*1-2/h3-4,7-10,15,22H,5-6,11-14,16H2,1-2H3,(H,25,27)(H,28,29);2-6H,7H2,1H3;3*1-2H3. The number of thioether (sulfide) groups is 1. The average Bonchev–Trinajstić information content (AvgIpc) is 3.60. The van der Waals surface area contributed by atoms with Gasteiger partial charge in [-0.25, -0.2) is 4.79 Å². The second-order valence-electron chi connectivity index (χ2n) is 9.74. The Morgan fingerprint density at radius 2 is 1.47 bits per heavy atom. The van der Waals surface area contributed by atoms with Crippen molar-refractivity contribution in [1.29, 1.82) is 0 Å². The summed E-state index contributed by atoms with van der Waals surface area (Å²) < 4.78 is 4.93. The third-order valence-electron chi connectivity index (χ3n) is 6.74. The fourth-order valence-corrected chi connectivity index (χ4v) is 5.13. The summed E-state index contributed by atoms with van der Waals surface area (Å²) >= 11 is 1.57. The van der Waals surface area contributed by atoms with E-state index in [4.69, 9.17) is 4.74 Å². The van der Waals surface area contributed by atoms with Gasteiger partial charge < -0.3 is 15.2 Å². The summed E-state index contributed by atoms with van der Waals surface area (Å²) in [5, 5.41) is 12.2. The lowest BCUT2D eigenvalue weighted by Crippen LogP contribution is -2.41. The van der Waals surface area contributed by atoms with Gasteiger partial charge in [0.2, 0.25) is 0 Å². The molecule has 1 heterocycles. The summed E-state index contributed by atoms with van der Waals surface area (Å²) in [6.45, 7) is 17.8. The third kappa shape index (κ3) is 15.6. The molecule has 0 spiro atoms. The molecule has 1 fully saturated rings. The van der Waals surface area contributed by atoms with Crippen LogP contribution in [0.5, 0.6) is 0 Å². The van der Waals surface area contributed by atoms with E-state index in [1.54, 1.807) is 18.9 Å². The van der Waals surface area contributed by atoms with Crippen LogP contribution in [0.25, 0.3) is 11.1 Å². The molecule has 0 aliphatic carbocycles. The molecule has 0 radical (unpaired) electrons. The fraction of sp³-hybridized carbons (Fsp3) is 0.474. The molecule has 7 heteroatoms. The number of aryl methyl sites for hydroxylation is 1. The Morgan fingerprint density at radius 1 is 0.867 bits per heavy atom. The monoisotopic (exact) mass is 638 g/mol. The van der Waals surface area contributed by atoms with Gasteiger partial charge in [-0.3, -0.25) is 9.69 Å². The van der Waals surface area contributed by atoms with Crippen LogP contribution in [-0.2, 0) is 22.7 Å². The molecule has 1 amide bonds. The number of nitrogens with one attached hydrogen (secondary N) is 1. The molecular formula is C38H58N2O4S. The zero-order valence-electron chi connectivity index (χ0n) is 29.2. The van der Waals surface area contributed by atoms with Gasteiger partial charge in [0.15, 0.2) is 0 Å². The number of hydrogen-bond donors (Lipinski definition) is 2. The van der Waals surface area contributed by atoms with Crippen molar-refractivity contribution >= 4 is 23.6 Å². The van der Waals surface area contributed by atoms with Gasteiger partial charge in [-0.15, -0.1) is 0 Å². The van der Waals surface area contributed by atoms with Crippen molar-refractivity contribution in [3.8, 4) is 11.1 Å². The molecule has 1 aliphatic heterocycles. The highest BCUT2D eigenvalue weighted by molar-refractivity contribution is 7.98. The number of hydrogen-bond acceptors (Lipinski definition) is 5. The van der Waals surface area contributed by atoms with Crippen LogP contribution in [0.4, 0.5) is 0 Å². The second-order valence-corrected chi connectivity index (χ2v) is 10.7. The van der Waals surface area contributed by atoms with E-state index in [0.29, 0.717) is 24.3 Å². The van der Waals surface area contributed by atoms with Gasteiger partial charge in [-0.05, 0) is 91.2 Å². The van der Waals surface area contributed by atoms with E-state index in [2.05, 4.69) is 16.3 Å². The maximum atomic E-state index is 13.1. The molecule has 1 atom stereocenters. The molecular weight excluding hydrogens is 580 g/mol. The fourth-order valence-electron chi connectivity index (χ4n) is 4.65. The number of ether oxygens (including phenoxy) is 1. The lowest BCUT2D eigenvalue weighted by atomic mass is 9.93. The van der Waals surface area contributed by atoms with E-state index in [1.165, 1.54) is 24.0 Å². The maximum absolute atomic E-state index is 13.1. The number of carboxylic acid groups (broad SMARTS) is 1. The predicted molar refractivity (Wildman–Crippen MR) is 194 cm³/mol. The molecule has 1 aliphatic rings. The first-order valence-electron chi connectivity index (χ1n) is 16.4. The van der Waals surface area contributed by atoms with Gasteiger partial charge in [-0.2, -0.15) is 11.8 Å². The number of methoxy groups -OCH3 is 1. The number of benzene rings is 3. The van der Waals surface area contributed by atoms with E-state index >= 15 is 0 Å². The van der Waals surface area contributed by atoms with Gasteiger partial charge in [0.25, 0.3) is 5.91 Å². The van der Waals surface area contributed by atoms with Crippen LogP contribution >= 0.6 is 11.8 Å². The van der Waals surface area contributed by atoms with Crippen molar-refractivity contribution in [3.05, 3.63) is 95.1 Å². The summed E-state index contributed by atoms with van der Waals surface area (Å²) in [5.74, 6) is -0.661. The molecule has 3 aromatic carbocycles. The summed E-state index contributed by atoms with van der Waals surface area (Å²) in [4.78, 5) is 27.1. The number of rotatable bonds is 11. The Bertz CT molecular complexity index is 1200. The molecule has 6 nitrogen and oxygen atoms in total. The first kappa shape index (κ1) is 41.9. The van der Waals surface area contributed by atoms with Crippen molar-refractivity contribution in [2.75, 3.05) is 32.2 Å². The largest absolute Gasteiger partial charge is 0.480 e. The number of carbonyl (C=O) groups excluding carboxylic acids is 1. The summed E-state index contributed by atoms with van der Waals surface area (Å²) in [7, 11) is 1.70. The first-order valence-corrected chi connectivity index (χ1v) is 17.8. The van der Waals surface area contributed by atoms with Crippen molar-refractivity contribution in [1.82, 2.24) is 10.2 Å². The molecule has 4 rings (SSSR count). The lowest BCUT2D eigenvalue weighted by molar-refractivity contribution is -0.139. The Labute approximate surface area is 278 Å². The Hall–Kier alpha value is -3.13. The zero-order valence-corrected chi connectivity index (χ0v) is 30.0. The Balaban J connectivity index is 0.00000108. The van der Waals surface area contributed by atoms with Crippen LogP contribution in [0.2, 0.25) is 0 Å². The van der Waals surface area contributed by atoms with Crippen molar-refractivity contribution in [2.45, 2.75) is 86.9 Å². The number of carbonyl (C=O) groups is 2. The summed E-state index contributed by atoms with van der Waals surface area (Å²) in [6, 6.07) is 23.1. The highest BCUT2D eigenvalue weighted by Gasteiger charge is 2.23. The average molecular weight is 639 g/mol. The third-order valence-corrected chi connectivity index (χ3v) is 7.38. The Morgan fingerprint density at radius 3 is 2.02 bits per heavy atom. The molecule has 0 saturated carbocycles. The minimum Gasteiger partial charge on any atom is -0.480 e. The first-order chi connectivity index (χ1) is 21.9. The van der Waals surface area contributed by atoms with Crippen LogP contribution in [0.15, 0.2) is 72.8 Å². The van der Waals surface area contributed by atoms with Crippen LogP contribution in [-0.4, -0.2) is 60.1 Å². The summed E-state index contributed by atoms with van der Waals surface area (Å²) in [6.07, 6.45) is 4.79. The second kappa shape index (κ2) is 26.1. The summed E-state index contributed by atoms with van der Waals surface area (Å²) in [5.41, 5.74) is 5.86. The molecule has 0 aromatic heterocycles. The SMILES string of the molecule is CC.CC.CC.COCc1ccccc1.CSCCC(NC(=O)c1ccc(CN2CCCC2)cc1-c1ccccc1C)C(=O)O. The predicted octanol–water partition coefficient (Wildman–Crippen LogP) is 9.11. The number of carboxylic acids is 1. The van der Waals surface area contributed by atoms with Gasteiger partial charge >= 0.3 is 5.97 Å². The highest BCUT2D eigenvalue weighted by atomic mass is 32.2. The molecule has 3 aromatic rings. The minimum absolute atomic E-state index is 0.338. The van der Waals surface area contributed by atoms with E-state index in [9.17, 15) is 14.7 Å². The highest BCUT2D eigenvalue weighted by Crippen LogP contribution is 2.29. The zero-order chi connectivity index (χ0) is 34.0. The number of aliphatic carboxylic acids is 1. The van der Waals surface area contributed by atoms with Crippen LogP contribution < -0.4 is 5.32 Å². The Kier molecular flexibility index (Phi) is 24.3. The van der Waals surface area contributed by atoms with E-state index in [-0.39, 0.29) is 5.91 Å². The van der Waals surface area contributed by atoms with E-state index in [1.807, 2.05) is 121 Å². The number of nitrogens with zero attached hydrogens (tertiary/aromatic N) is 1. The topological polar surface area (TPSA) is 78.9 Å². The van der Waals surface area contributed by atoms with E-state index < -0.39 is 12.0 Å². The molecule has 0 bridgehead atoms. The smallest absolute Gasteiger partial charge is 0.326 e. The minimum atomic E-state index is -1.000. The van der Waals surface area contributed by atoms with Gasteiger partial charge in [0, 0.05) is 19.2 Å². The quantitative estimate of drug-likeness (QED) is 0.218. The lowest BCUT2D eigenvalue weighted by Gasteiger charge is -2.19. The normalized spacial score (nSPS) is 12.4. The number of likely N-dealkylation sites (tertiary alicyclic amines) is 1. The number of amides is 1. The van der Waals surface area contributed by atoms with Gasteiger partial charge in [-0.1, -0.05) is 102 Å². The molecule has 1 unspecified atom stereocenters. The van der Waals surface area contributed by atoms with Gasteiger partial charge in [0.05, 0.1) is 6.61 Å². The van der Waals surface area contributed by atoms with Crippen LogP contribution in [0.3, 0.4) is 0 Å². The molecule has 45 heavy (non-hydrogen) atoms. The molecule has 2 N–H and O–H groups in total. The maximum Gasteiger partial charge on any atom is 0.326 e.